The van der Waals surface area contributed by atoms with Crippen molar-refractivity contribution in [2.75, 3.05) is 5.32 Å². The summed E-state index contributed by atoms with van der Waals surface area (Å²) in [4.78, 5) is 4.27. The molecule has 0 aromatic carbocycles. The standard InChI is InChI=1S/C11H13BrN4/c1-8-5-11(14-7-10(8)12)13-6-9-3-4-16(2)15-9/h3-5,7H,6H2,1-2H3,(H,13,14). The molecule has 0 atom stereocenters. The van der Waals surface area contributed by atoms with Gasteiger partial charge in [-0.05, 0) is 40.5 Å². The molecule has 1 N–H and O–H groups in total. The van der Waals surface area contributed by atoms with Gasteiger partial charge in [0.2, 0.25) is 0 Å². The molecule has 0 amide bonds. The minimum atomic E-state index is 0.689. The smallest absolute Gasteiger partial charge is 0.126 e. The molecule has 2 aromatic rings. The summed E-state index contributed by atoms with van der Waals surface area (Å²) in [5.41, 5.74) is 2.17. The normalized spacial score (nSPS) is 10.4. The maximum atomic E-state index is 4.28. The van der Waals surface area contributed by atoms with Crippen LogP contribution in [0.3, 0.4) is 0 Å². The Morgan fingerprint density at radius 1 is 1.50 bits per heavy atom. The van der Waals surface area contributed by atoms with E-state index in [9.17, 15) is 0 Å². The molecule has 0 unspecified atom stereocenters. The van der Waals surface area contributed by atoms with Crippen molar-refractivity contribution in [1.82, 2.24) is 14.8 Å². The molecule has 0 bridgehead atoms. The molecule has 0 aliphatic heterocycles. The van der Waals surface area contributed by atoms with Crippen molar-refractivity contribution in [1.29, 1.82) is 0 Å². The van der Waals surface area contributed by atoms with Gasteiger partial charge in [-0.25, -0.2) is 4.98 Å². The Balaban J connectivity index is 2.02. The minimum Gasteiger partial charge on any atom is -0.364 e. The predicted octanol–water partition coefficient (Wildman–Crippen LogP) is 2.50. The minimum absolute atomic E-state index is 0.689. The largest absolute Gasteiger partial charge is 0.364 e. The number of aryl methyl sites for hydroxylation is 2. The van der Waals surface area contributed by atoms with Gasteiger partial charge in [-0.1, -0.05) is 0 Å². The van der Waals surface area contributed by atoms with Gasteiger partial charge in [0.25, 0.3) is 0 Å². The Bertz CT molecular complexity index is 492. The average molecular weight is 281 g/mol. The maximum absolute atomic E-state index is 4.28. The number of hydrogen-bond acceptors (Lipinski definition) is 3. The van der Waals surface area contributed by atoms with Crippen molar-refractivity contribution >= 4 is 21.7 Å². The number of aromatic nitrogens is 3. The summed E-state index contributed by atoms with van der Waals surface area (Å²) in [7, 11) is 1.91. The van der Waals surface area contributed by atoms with Crippen LogP contribution >= 0.6 is 15.9 Å². The molecule has 2 rings (SSSR count). The predicted molar refractivity (Wildman–Crippen MR) is 67.2 cm³/mol. The molecule has 2 heterocycles. The second kappa shape index (κ2) is 4.65. The third kappa shape index (κ3) is 2.61. The molecule has 16 heavy (non-hydrogen) atoms. The highest BCUT2D eigenvalue weighted by Crippen LogP contribution is 2.17. The van der Waals surface area contributed by atoms with E-state index in [1.54, 1.807) is 10.9 Å². The number of nitrogens with one attached hydrogen (secondary N) is 1. The second-order valence-corrected chi connectivity index (χ2v) is 4.51. The van der Waals surface area contributed by atoms with E-state index in [-0.39, 0.29) is 0 Å². The van der Waals surface area contributed by atoms with E-state index in [4.69, 9.17) is 0 Å². The molecule has 0 radical (unpaired) electrons. The maximum Gasteiger partial charge on any atom is 0.126 e. The summed E-state index contributed by atoms with van der Waals surface area (Å²) in [6.07, 6.45) is 3.73. The molecule has 2 aromatic heterocycles. The molecule has 84 valence electrons. The lowest BCUT2D eigenvalue weighted by atomic mass is 10.3. The number of nitrogens with zero attached hydrogens (tertiary/aromatic N) is 3. The second-order valence-electron chi connectivity index (χ2n) is 3.65. The van der Waals surface area contributed by atoms with Crippen LogP contribution in [-0.4, -0.2) is 14.8 Å². The van der Waals surface area contributed by atoms with E-state index in [0.29, 0.717) is 6.54 Å². The molecule has 0 fully saturated rings. The van der Waals surface area contributed by atoms with E-state index in [0.717, 1.165) is 16.0 Å². The van der Waals surface area contributed by atoms with Crippen LogP contribution in [0.15, 0.2) is 29.0 Å². The zero-order valence-corrected chi connectivity index (χ0v) is 10.8. The first kappa shape index (κ1) is 11.1. The Morgan fingerprint density at radius 3 is 2.94 bits per heavy atom. The van der Waals surface area contributed by atoms with Crippen LogP contribution in [-0.2, 0) is 13.6 Å². The van der Waals surface area contributed by atoms with Gasteiger partial charge in [-0.3, -0.25) is 4.68 Å². The van der Waals surface area contributed by atoms with Gasteiger partial charge < -0.3 is 5.32 Å². The van der Waals surface area contributed by atoms with E-state index >= 15 is 0 Å². The Hall–Kier alpha value is -1.36. The summed E-state index contributed by atoms with van der Waals surface area (Å²) in [5.74, 6) is 0.867. The number of hydrogen-bond donors (Lipinski definition) is 1. The molecule has 0 saturated heterocycles. The van der Waals surface area contributed by atoms with Crippen LogP contribution in [0.4, 0.5) is 5.82 Å². The molecule has 0 saturated carbocycles. The highest BCUT2D eigenvalue weighted by atomic mass is 79.9. The van der Waals surface area contributed by atoms with Gasteiger partial charge in [-0.2, -0.15) is 5.10 Å². The van der Waals surface area contributed by atoms with Crippen molar-refractivity contribution in [2.45, 2.75) is 13.5 Å². The average Bonchev–Trinajstić information content (AvgIpc) is 2.66. The van der Waals surface area contributed by atoms with Gasteiger partial charge in [0, 0.05) is 23.9 Å². The van der Waals surface area contributed by atoms with Crippen molar-refractivity contribution in [2.24, 2.45) is 7.05 Å². The van der Waals surface area contributed by atoms with Gasteiger partial charge >= 0.3 is 0 Å². The summed E-state index contributed by atoms with van der Waals surface area (Å²) in [6.45, 7) is 2.73. The van der Waals surface area contributed by atoms with Gasteiger partial charge in [0.15, 0.2) is 0 Å². The van der Waals surface area contributed by atoms with Crippen LogP contribution in [0.2, 0.25) is 0 Å². The highest BCUT2D eigenvalue weighted by Gasteiger charge is 2.00. The number of pyridine rings is 1. The molecule has 5 heteroatoms. The monoisotopic (exact) mass is 280 g/mol. The molecule has 0 spiro atoms. The first-order chi connectivity index (χ1) is 7.65. The van der Waals surface area contributed by atoms with Gasteiger partial charge in [0.1, 0.15) is 5.82 Å². The van der Waals surface area contributed by atoms with Crippen LogP contribution in [0.25, 0.3) is 0 Å². The lowest BCUT2D eigenvalue weighted by Crippen LogP contribution is -2.03. The van der Waals surface area contributed by atoms with Crippen molar-refractivity contribution in [3.8, 4) is 0 Å². The summed E-state index contributed by atoms with van der Waals surface area (Å²) >= 11 is 3.42. The van der Waals surface area contributed by atoms with Crippen molar-refractivity contribution < 1.29 is 0 Å². The summed E-state index contributed by atoms with van der Waals surface area (Å²) in [5, 5.41) is 7.52. The first-order valence-corrected chi connectivity index (χ1v) is 5.79. The van der Waals surface area contributed by atoms with Crippen LogP contribution in [0.1, 0.15) is 11.3 Å². The first-order valence-electron chi connectivity index (χ1n) is 4.99. The number of halogens is 1. The summed E-state index contributed by atoms with van der Waals surface area (Å²) in [6, 6.07) is 3.99. The summed E-state index contributed by atoms with van der Waals surface area (Å²) < 4.78 is 2.81. The topological polar surface area (TPSA) is 42.7 Å². The molecular weight excluding hydrogens is 268 g/mol. The fourth-order valence-electron chi connectivity index (χ4n) is 1.37. The Labute approximate surface area is 103 Å². The fourth-order valence-corrected chi connectivity index (χ4v) is 1.59. The van der Waals surface area contributed by atoms with E-state index in [2.05, 4.69) is 31.3 Å². The number of anilines is 1. The van der Waals surface area contributed by atoms with E-state index in [1.807, 2.05) is 32.3 Å². The Morgan fingerprint density at radius 2 is 2.31 bits per heavy atom. The van der Waals surface area contributed by atoms with Crippen molar-refractivity contribution in [3.63, 3.8) is 0 Å². The van der Waals surface area contributed by atoms with E-state index in [1.165, 1.54) is 5.56 Å². The zero-order valence-electron chi connectivity index (χ0n) is 9.24. The molecular formula is C11H13BrN4. The quantitative estimate of drug-likeness (QED) is 0.940. The zero-order chi connectivity index (χ0) is 11.5. The molecule has 0 aliphatic rings. The van der Waals surface area contributed by atoms with Crippen molar-refractivity contribution in [3.05, 3.63) is 40.3 Å². The fraction of sp³-hybridized carbons (Fsp3) is 0.273. The third-order valence-electron chi connectivity index (χ3n) is 2.27. The van der Waals surface area contributed by atoms with Crippen LogP contribution in [0, 0.1) is 6.92 Å². The molecule has 4 nitrogen and oxygen atoms in total. The molecule has 0 aliphatic carbocycles. The van der Waals surface area contributed by atoms with Crippen LogP contribution in [0.5, 0.6) is 0 Å². The number of rotatable bonds is 3. The SMILES string of the molecule is Cc1cc(NCc2ccn(C)n2)ncc1Br. The van der Waals surface area contributed by atoms with Gasteiger partial charge in [0.05, 0.1) is 12.2 Å². The van der Waals surface area contributed by atoms with Gasteiger partial charge in [-0.15, -0.1) is 0 Å². The Kier molecular flexibility index (Phi) is 3.24. The van der Waals surface area contributed by atoms with Crippen LogP contribution < -0.4 is 5.32 Å². The third-order valence-corrected chi connectivity index (χ3v) is 3.10. The highest BCUT2D eigenvalue weighted by molar-refractivity contribution is 9.10. The lowest BCUT2D eigenvalue weighted by Gasteiger charge is -2.05. The van der Waals surface area contributed by atoms with E-state index < -0.39 is 0 Å². The lowest BCUT2D eigenvalue weighted by molar-refractivity contribution is 0.747.